The van der Waals surface area contributed by atoms with Crippen LogP contribution in [0.1, 0.15) is 11.1 Å². The standard InChI is InChI=1S/C17H19N3O2S/c1-12-6-7-13(2)15(11-12)22-9-10-23-17-19-18-16(20(17)3)14-5-4-8-21-14/h4-8,11H,9-10H2,1-3H3. The summed E-state index contributed by atoms with van der Waals surface area (Å²) >= 11 is 1.62. The topological polar surface area (TPSA) is 53.1 Å². The normalized spacial score (nSPS) is 10.9. The zero-order valence-corrected chi connectivity index (χ0v) is 14.3. The Morgan fingerprint density at radius 1 is 1.22 bits per heavy atom. The molecular formula is C17H19N3O2S. The van der Waals surface area contributed by atoms with E-state index in [1.54, 1.807) is 18.0 Å². The summed E-state index contributed by atoms with van der Waals surface area (Å²) in [5.41, 5.74) is 2.36. The van der Waals surface area contributed by atoms with Gasteiger partial charge in [-0.25, -0.2) is 0 Å². The third-order valence-corrected chi connectivity index (χ3v) is 4.48. The molecule has 0 bridgehead atoms. The van der Waals surface area contributed by atoms with Crippen molar-refractivity contribution in [1.82, 2.24) is 14.8 Å². The summed E-state index contributed by atoms with van der Waals surface area (Å²) < 4.78 is 13.2. The molecule has 0 atom stereocenters. The van der Waals surface area contributed by atoms with Gasteiger partial charge in [-0.15, -0.1) is 10.2 Å². The van der Waals surface area contributed by atoms with E-state index < -0.39 is 0 Å². The second-order valence-corrected chi connectivity index (χ2v) is 6.37. The minimum atomic E-state index is 0.623. The Morgan fingerprint density at radius 2 is 2.09 bits per heavy atom. The maximum atomic E-state index is 5.86. The summed E-state index contributed by atoms with van der Waals surface area (Å²) in [4.78, 5) is 0. The number of ether oxygens (including phenoxy) is 1. The van der Waals surface area contributed by atoms with Crippen molar-refractivity contribution >= 4 is 11.8 Å². The van der Waals surface area contributed by atoms with Gasteiger partial charge >= 0.3 is 0 Å². The summed E-state index contributed by atoms with van der Waals surface area (Å²) in [6.45, 7) is 4.74. The minimum absolute atomic E-state index is 0.623. The fraction of sp³-hybridized carbons (Fsp3) is 0.294. The molecule has 0 radical (unpaired) electrons. The lowest BCUT2D eigenvalue weighted by Crippen LogP contribution is -2.03. The second-order valence-electron chi connectivity index (χ2n) is 5.31. The molecule has 0 N–H and O–H groups in total. The van der Waals surface area contributed by atoms with Crippen molar-refractivity contribution in [2.75, 3.05) is 12.4 Å². The molecule has 3 rings (SSSR count). The van der Waals surface area contributed by atoms with Gasteiger partial charge < -0.3 is 13.7 Å². The summed E-state index contributed by atoms with van der Waals surface area (Å²) in [5.74, 6) is 3.20. The van der Waals surface area contributed by atoms with Gasteiger partial charge in [0.1, 0.15) is 5.75 Å². The third kappa shape index (κ3) is 3.59. The number of nitrogens with zero attached hydrogens (tertiary/aromatic N) is 3. The molecule has 6 heteroatoms. The van der Waals surface area contributed by atoms with Crippen LogP contribution in [0.4, 0.5) is 0 Å². The van der Waals surface area contributed by atoms with E-state index in [0.29, 0.717) is 6.61 Å². The molecule has 0 saturated heterocycles. The molecule has 0 unspecified atom stereocenters. The first kappa shape index (κ1) is 15.7. The lowest BCUT2D eigenvalue weighted by Gasteiger charge is -2.09. The van der Waals surface area contributed by atoms with Gasteiger partial charge in [-0.1, -0.05) is 23.9 Å². The van der Waals surface area contributed by atoms with Crippen LogP contribution in [0.2, 0.25) is 0 Å². The van der Waals surface area contributed by atoms with Gasteiger partial charge in [0.25, 0.3) is 0 Å². The molecule has 2 aromatic heterocycles. The molecule has 2 heterocycles. The molecule has 1 aromatic carbocycles. The molecule has 0 saturated carbocycles. The highest BCUT2D eigenvalue weighted by Gasteiger charge is 2.13. The Bertz CT molecular complexity index is 781. The third-order valence-electron chi connectivity index (χ3n) is 3.49. The average Bonchev–Trinajstić information content (AvgIpc) is 3.17. The minimum Gasteiger partial charge on any atom is -0.492 e. The predicted octanol–water partition coefficient (Wildman–Crippen LogP) is 3.86. The Hall–Kier alpha value is -2.21. The number of hydrogen-bond donors (Lipinski definition) is 0. The average molecular weight is 329 g/mol. The molecule has 0 aliphatic carbocycles. The van der Waals surface area contributed by atoms with Crippen LogP contribution in [0.5, 0.6) is 5.75 Å². The predicted molar refractivity (Wildman–Crippen MR) is 90.8 cm³/mol. The Balaban J connectivity index is 1.56. The number of aromatic nitrogens is 3. The Morgan fingerprint density at radius 3 is 2.87 bits per heavy atom. The number of thioether (sulfide) groups is 1. The highest BCUT2D eigenvalue weighted by atomic mass is 32.2. The number of furan rings is 1. The summed E-state index contributed by atoms with van der Waals surface area (Å²) in [5, 5.41) is 9.23. The fourth-order valence-corrected chi connectivity index (χ4v) is 2.94. The van der Waals surface area contributed by atoms with Crippen LogP contribution in [-0.2, 0) is 7.05 Å². The molecular weight excluding hydrogens is 310 g/mol. The van der Waals surface area contributed by atoms with Crippen LogP contribution in [0.25, 0.3) is 11.6 Å². The van der Waals surface area contributed by atoms with Crippen molar-refractivity contribution in [2.45, 2.75) is 19.0 Å². The Kier molecular flexibility index (Phi) is 4.71. The van der Waals surface area contributed by atoms with Gasteiger partial charge in [0.15, 0.2) is 16.7 Å². The van der Waals surface area contributed by atoms with Gasteiger partial charge in [0.05, 0.1) is 12.9 Å². The van der Waals surface area contributed by atoms with E-state index >= 15 is 0 Å². The van der Waals surface area contributed by atoms with Gasteiger partial charge in [-0.3, -0.25) is 0 Å². The number of rotatable bonds is 6. The lowest BCUT2D eigenvalue weighted by atomic mass is 10.1. The maximum Gasteiger partial charge on any atom is 0.200 e. The first-order valence-electron chi connectivity index (χ1n) is 7.41. The van der Waals surface area contributed by atoms with E-state index in [4.69, 9.17) is 9.15 Å². The fourth-order valence-electron chi connectivity index (χ4n) is 2.21. The van der Waals surface area contributed by atoms with E-state index in [-0.39, 0.29) is 0 Å². The summed E-state index contributed by atoms with van der Waals surface area (Å²) in [6.07, 6.45) is 1.63. The first-order chi connectivity index (χ1) is 11.1. The molecule has 0 amide bonds. The van der Waals surface area contributed by atoms with Crippen LogP contribution >= 0.6 is 11.8 Å². The van der Waals surface area contributed by atoms with E-state index in [2.05, 4.69) is 42.2 Å². The van der Waals surface area contributed by atoms with Crippen molar-refractivity contribution < 1.29 is 9.15 Å². The monoisotopic (exact) mass is 329 g/mol. The zero-order valence-electron chi connectivity index (χ0n) is 13.4. The van der Waals surface area contributed by atoms with E-state index in [0.717, 1.165) is 33.8 Å². The van der Waals surface area contributed by atoms with Crippen LogP contribution in [0.15, 0.2) is 46.2 Å². The highest BCUT2D eigenvalue weighted by Crippen LogP contribution is 2.23. The summed E-state index contributed by atoms with van der Waals surface area (Å²) in [7, 11) is 1.94. The van der Waals surface area contributed by atoms with Crippen molar-refractivity contribution in [2.24, 2.45) is 7.05 Å². The molecule has 23 heavy (non-hydrogen) atoms. The van der Waals surface area contributed by atoms with Crippen LogP contribution in [0, 0.1) is 13.8 Å². The van der Waals surface area contributed by atoms with E-state index in [9.17, 15) is 0 Å². The molecule has 120 valence electrons. The first-order valence-corrected chi connectivity index (χ1v) is 8.40. The maximum absolute atomic E-state index is 5.86. The van der Waals surface area contributed by atoms with Crippen molar-refractivity contribution in [3.63, 3.8) is 0 Å². The molecule has 0 fully saturated rings. The lowest BCUT2D eigenvalue weighted by molar-refractivity contribution is 0.341. The van der Waals surface area contributed by atoms with Gasteiger partial charge in [-0.05, 0) is 43.2 Å². The van der Waals surface area contributed by atoms with Crippen LogP contribution in [0.3, 0.4) is 0 Å². The quantitative estimate of drug-likeness (QED) is 0.508. The molecule has 5 nitrogen and oxygen atoms in total. The number of benzene rings is 1. The smallest absolute Gasteiger partial charge is 0.200 e. The number of aryl methyl sites for hydroxylation is 2. The van der Waals surface area contributed by atoms with Gasteiger partial charge in [0.2, 0.25) is 0 Å². The van der Waals surface area contributed by atoms with Gasteiger partial charge in [0, 0.05) is 12.8 Å². The molecule has 0 aliphatic rings. The van der Waals surface area contributed by atoms with E-state index in [1.165, 1.54) is 5.56 Å². The summed E-state index contributed by atoms with van der Waals surface area (Å²) in [6, 6.07) is 9.96. The second kappa shape index (κ2) is 6.91. The Labute approximate surface area is 139 Å². The van der Waals surface area contributed by atoms with Crippen molar-refractivity contribution in [3.8, 4) is 17.3 Å². The molecule has 0 aliphatic heterocycles. The SMILES string of the molecule is Cc1ccc(C)c(OCCSc2nnc(-c3ccco3)n2C)c1. The van der Waals surface area contributed by atoms with Crippen LogP contribution in [-0.4, -0.2) is 27.1 Å². The van der Waals surface area contributed by atoms with Gasteiger partial charge in [-0.2, -0.15) is 0 Å². The highest BCUT2D eigenvalue weighted by molar-refractivity contribution is 7.99. The largest absolute Gasteiger partial charge is 0.492 e. The van der Waals surface area contributed by atoms with Crippen LogP contribution < -0.4 is 4.74 Å². The van der Waals surface area contributed by atoms with Crippen molar-refractivity contribution in [1.29, 1.82) is 0 Å². The number of hydrogen-bond acceptors (Lipinski definition) is 5. The molecule has 0 spiro atoms. The zero-order chi connectivity index (χ0) is 16.2. The molecule has 3 aromatic rings. The van der Waals surface area contributed by atoms with Crippen molar-refractivity contribution in [3.05, 3.63) is 47.7 Å². The van der Waals surface area contributed by atoms with E-state index in [1.807, 2.05) is 23.7 Å².